The lowest BCUT2D eigenvalue weighted by atomic mass is 10.2. The number of rotatable bonds is 3. The maximum absolute atomic E-state index is 11.0. The minimum absolute atomic E-state index is 0.111. The van der Waals surface area contributed by atoms with E-state index in [4.69, 9.17) is 0 Å². The zero-order valence-electron chi connectivity index (χ0n) is 9.97. The normalized spacial score (nSPS) is 10.2. The molecule has 0 spiro atoms. The first-order valence-electron chi connectivity index (χ1n) is 5.60. The molecule has 0 aliphatic carbocycles. The summed E-state index contributed by atoms with van der Waals surface area (Å²) >= 11 is 0. The van der Waals surface area contributed by atoms with Crippen LogP contribution in [0.3, 0.4) is 0 Å². The van der Waals surface area contributed by atoms with Crippen molar-refractivity contribution in [2.75, 3.05) is 5.32 Å². The Morgan fingerprint density at radius 3 is 3.00 bits per heavy atom. The van der Waals surface area contributed by atoms with E-state index in [1.807, 2.05) is 24.4 Å². The maximum atomic E-state index is 11.0. The molecule has 0 aliphatic rings. The molecule has 0 aromatic carbocycles. The van der Waals surface area contributed by atoms with Crippen LogP contribution in [-0.2, 0) is 11.3 Å². The van der Waals surface area contributed by atoms with Gasteiger partial charge >= 0.3 is 0 Å². The second kappa shape index (κ2) is 4.82. The lowest BCUT2D eigenvalue weighted by molar-refractivity contribution is -0.114. The first kappa shape index (κ1) is 11.4. The van der Waals surface area contributed by atoms with Crippen LogP contribution in [0.25, 0.3) is 11.3 Å². The molecule has 2 rings (SSSR count). The lowest BCUT2D eigenvalue weighted by Crippen LogP contribution is -2.07. The standard InChI is InChI=1S/C13H15N3O/c1-3-16-8-4-5-12(16)11-6-7-14-13(9-11)15-10(2)17/h4-9H,3H2,1-2H3,(H,14,15,17). The number of aromatic nitrogens is 2. The Bertz CT molecular complexity index is 531. The van der Waals surface area contributed by atoms with Gasteiger partial charge in [0.1, 0.15) is 5.82 Å². The van der Waals surface area contributed by atoms with Crippen LogP contribution in [0.15, 0.2) is 36.7 Å². The molecule has 0 bridgehead atoms. The van der Waals surface area contributed by atoms with Crippen molar-refractivity contribution in [2.24, 2.45) is 0 Å². The van der Waals surface area contributed by atoms with Crippen molar-refractivity contribution in [2.45, 2.75) is 20.4 Å². The highest BCUT2D eigenvalue weighted by Gasteiger charge is 2.04. The van der Waals surface area contributed by atoms with Crippen LogP contribution in [0, 0.1) is 0 Å². The average Bonchev–Trinajstić information content (AvgIpc) is 2.76. The number of amides is 1. The first-order chi connectivity index (χ1) is 8.20. The molecular formula is C13H15N3O. The van der Waals surface area contributed by atoms with Crippen molar-refractivity contribution >= 4 is 11.7 Å². The Morgan fingerprint density at radius 2 is 2.29 bits per heavy atom. The van der Waals surface area contributed by atoms with Gasteiger partial charge in [-0.05, 0) is 31.2 Å². The summed E-state index contributed by atoms with van der Waals surface area (Å²) in [5, 5.41) is 2.69. The summed E-state index contributed by atoms with van der Waals surface area (Å²) in [6.45, 7) is 4.49. The fourth-order valence-electron chi connectivity index (χ4n) is 1.79. The first-order valence-corrected chi connectivity index (χ1v) is 5.60. The number of carbonyl (C=O) groups excluding carboxylic acids is 1. The van der Waals surface area contributed by atoms with Crippen LogP contribution >= 0.6 is 0 Å². The van der Waals surface area contributed by atoms with Crippen LogP contribution < -0.4 is 5.32 Å². The summed E-state index contributed by atoms with van der Waals surface area (Å²) in [6.07, 6.45) is 3.74. The van der Waals surface area contributed by atoms with Crippen molar-refractivity contribution in [3.63, 3.8) is 0 Å². The Balaban J connectivity index is 2.36. The molecule has 4 nitrogen and oxygen atoms in total. The Labute approximate surface area is 100 Å². The highest BCUT2D eigenvalue weighted by Crippen LogP contribution is 2.21. The molecule has 0 saturated heterocycles. The number of hydrogen-bond donors (Lipinski definition) is 1. The van der Waals surface area contributed by atoms with Crippen LogP contribution in [0.4, 0.5) is 5.82 Å². The molecule has 1 N–H and O–H groups in total. The Kier molecular flexibility index (Phi) is 3.23. The van der Waals surface area contributed by atoms with Gasteiger partial charge in [-0.3, -0.25) is 4.79 Å². The molecule has 4 heteroatoms. The average molecular weight is 229 g/mol. The highest BCUT2D eigenvalue weighted by atomic mass is 16.1. The van der Waals surface area contributed by atoms with E-state index in [9.17, 15) is 4.79 Å². The summed E-state index contributed by atoms with van der Waals surface area (Å²) < 4.78 is 2.15. The molecule has 0 radical (unpaired) electrons. The highest BCUT2D eigenvalue weighted by molar-refractivity contribution is 5.88. The second-order valence-corrected chi connectivity index (χ2v) is 3.79. The van der Waals surface area contributed by atoms with Gasteiger partial charge in [0, 0.05) is 37.1 Å². The molecule has 2 aromatic rings. The fourth-order valence-corrected chi connectivity index (χ4v) is 1.79. The predicted octanol–water partition coefficient (Wildman–Crippen LogP) is 2.53. The third kappa shape index (κ3) is 2.53. The number of nitrogens with one attached hydrogen (secondary N) is 1. The van der Waals surface area contributed by atoms with E-state index >= 15 is 0 Å². The number of pyridine rings is 1. The zero-order valence-corrected chi connectivity index (χ0v) is 9.97. The van der Waals surface area contributed by atoms with Crippen molar-refractivity contribution in [3.8, 4) is 11.3 Å². The van der Waals surface area contributed by atoms with Gasteiger partial charge < -0.3 is 9.88 Å². The van der Waals surface area contributed by atoms with E-state index in [0.717, 1.165) is 17.8 Å². The van der Waals surface area contributed by atoms with Gasteiger partial charge in [-0.25, -0.2) is 4.98 Å². The molecular weight excluding hydrogens is 214 g/mol. The molecule has 0 unspecified atom stereocenters. The van der Waals surface area contributed by atoms with Crippen molar-refractivity contribution in [3.05, 3.63) is 36.7 Å². The summed E-state index contributed by atoms with van der Waals surface area (Å²) in [7, 11) is 0. The van der Waals surface area contributed by atoms with Crippen molar-refractivity contribution in [1.29, 1.82) is 0 Å². The van der Waals surface area contributed by atoms with Gasteiger partial charge in [0.05, 0.1) is 0 Å². The third-order valence-electron chi connectivity index (χ3n) is 2.53. The third-order valence-corrected chi connectivity index (χ3v) is 2.53. The Morgan fingerprint density at radius 1 is 1.47 bits per heavy atom. The lowest BCUT2D eigenvalue weighted by Gasteiger charge is -2.08. The topological polar surface area (TPSA) is 46.9 Å². The van der Waals surface area contributed by atoms with Gasteiger partial charge in [0.25, 0.3) is 0 Å². The number of aryl methyl sites for hydroxylation is 1. The van der Waals surface area contributed by atoms with Crippen molar-refractivity contribution < 1.29 is 4.79 Å². The molecule has 88 valence electrons. The number of carbonyl (C=O) groups is 1. The zero-order chi connectivity index (χ0) is 12.3. The fraction of sp³-hybridized carbons (Fsp3) is 0.231. The summed E-state index contributed by atoms with van der Waals surface area (Å²) in [5.41, 5.74) is 2.18. The minimum atomic E-state index is -0.111. The summed E-state index contributed by atoms with van der Waals surface area (Å²) in [4.78, 5) is 15.1. The van der Waals surface area contributed by atoms with Crippen LogP contribution in [0.5, 0.6) is 0 Å². The molecule has 17 heavy (non-hydrogen) atoms. The molecule has 2 aromatic heterocycles. The SMILES string of the molecule is CCn1cccc1-c1ccnc(NC(C)=O)c1. The monoisotopic (exact) mass is 229 g/mol. The molecule has 0 aliphatic heterocycles. The van der Waals surface area contributed by atoms with E-state index in [1.54, 1.807) is 6.20 Å². The van der Waals surface area contributed by atoms with Gasteiger partial charge in [0.15, 0.2) is 0 Å². The molecule has 2 heterocycles. The van der Waals surface area contributed by atoms with Gasteiger partial charge in [-0.1, -0.05) is 0 Å². The molecule has 0 fully saturated rings. The predicted molar refractivity (Wildman–Crippen MR) is 67.6 cm³/mol. The maximum Gasteiger partial charge on any atom is 0.222 e. The largest absolute Gasteiger partial charge is 0.348 e. The Hall–Kier alpha value is -2.10. The van der Waals surface area contributed by atoms with E-state index in [1.165, 1.54) is 6.92 Å². The molecule has 0 saturated carbocycles. The van der Waals surface area contributed by atoms with Crippen molar-refractivity contribution in [1.82, 2.24) is 9.55 Å². The van der Waals surface area contributed by atoms with Gasteiger partial charge in [-0.2, -0.15) is 0 Å². The summed E-state index contributed by atoms with van der Waals surface area (Å²) in [6, 6.07) is 7.88. The number of nitrogens with zero attached hydrogens (tertiary/aromatic N) is 2. The minimum Gasteiger partial charge on any atom is -0.348 e. The van der Waals surface area contributed by atoms with Gasteiger partial charge in [0.2, 0.25) is 5.91 Å². The molecule has 0 atom stereocenters. The smallest absolute Gasteiger partial charge is 0.222 e. The van der Waals surface area contributed by atoms with E-state index < -0.39 is 0 Å². The van der Waals surface area contributed by atoms with E-state index in [2.05, 4.69) is 27.9 Å². The van der Waals surface area contributed by atoms with Crippen LogP contribution in [-0.4, -0.2) is 15.5 Å². The second-order valence-electron chi connectivity index (χ2n) is 3.79. The summed E-state index contributed by atoms with van der Waals surface area (Å²) in [5.74, 6) is 0.472. The quantitative estimate of drug-likeness (QED) is 0.879. The van der Waals surface area contributed by atoms with Crippen LogP contribution in [0.2, 0.25) is 0 Å². The van der Waals surface area contributed by atoms with Crippen LogP contribution in [0.1, 0.15) is 13.8 Å². The van der Waals surface area contributed by atoms with Gasteiger partial charge in [-0.15, -0.1) is 0 Å². The van der Waals surface area contributed by atoms with E-state index in [-0.39, 0.29) is 5.91 Å². The number of hydrogen-bond acceptors (Lipinski definition) is 2. The number of anilines is 1. The van der Waals surface area contributed by atoms with E-state index in [0.29, 0.717) is 5.82 Å². The molecule has 1 amide bonds.